The summed E-state index contributed by atoms with van der Waals surface area (Å²) in [5.41, 5.74) is 4.06. The molecule has 0 saturated carbocycles. The van der Waals surface area contributed by atoms with Crippen LogP contribution >= 0.6 is 0 Å². The van der Waals surface area contributed by atoms with Crippen LogP contribution in [0.5, 0.6) is 0 Å². The molecule has 4 aromatic rings. The number of nitrogens with zero attached hydrogens (tertiary/aromatic N) is 3. The van der Waals surface area contributed by atoms with Crippen LogP contribution in [0, 0.1) is 10.8 Å². The second-order valence-electron chi connectivity index (χ2n) is 6.93. The zero-order valence-corrected chi connectivity index (χ0v) is 16.4. The van der Waals surface area contributed by atoms with Crippen molar-refractivity contribution < 1.29 is 4.79 Å². The monoisotopic (exact) mass is 396 g/mol. The van der Waals surface area contributed by atoms with Crippen molar-refractivity contribution in [1.82, 2.24) is 14.8 Å². The average molecular weight is 396 g/mol. The van der Waals surface area contributed by atoms with Gasteiger partial charge in [-0.05, 0) is 48.0 Å². The van der Waals surface area contributed by atoms with Crippen LogP contribution in [0.2, 0.25) is 0 Å². The van der Waals surface area contributed by atoms with Gasteiger partial charge < -0.3 is 5.32 Å². The molecule has 0 atom stereocenters. The van der Waals surface area contributed by atoms with Crippen LogP contribution in [0.1, 0.15) is 12.5 Å². The van der Waals surface area contributed by atoms with E-state index in [1.165, 1.54) is 11.6 Å². The van der Waals surface area contributed by atoms with Crippen molar-refractivity contribution in [3.05, 3.63) is 84.0 Å². The van der Waals surface area contributed by atoms with Gasteiger partial charge in [-0.1, -0.05) is 24.3 Å². The standard InChI is InChI=1S/C23H20N6O/c1-15(30)27-19-6-2-4-18(14-19)21-9-10-22(24)29(28-21)23(25)13-16-7-8-20-17(12-16)5-3-11-26-20/h2-12,14,24-25H,13H2,1H3,(H,27,30). The average Bonchev–Trinajstić information content (AvgIpc) is 2.73. The van der Waals surface area contributed by atoms with Gasteiger partial charge in [-0.3, -0.25) is 20.6 Å². The van der Waals surface area contributed by atoms with Crippen molar-refractivity contribution in [3.8, 4) is 11.3 Å². The summed E-state index contributed by atoms with van der Waals surface area (Å²) >= 11 is 0. The number of aromatic nitrogens is 3. The third-order valence-corrected chi connectivity index (χ3v) is 4.61. The summed E-state index contributed by atoms with van der Waals surface area (Å²) in [6.45, 7) is 1.46. The Morgan fingerprint density at radius 1 is 1.07 bits per heavy atom. The molecule has 0 unspecified atom stereocenters. The Hall–Kier alpha value is -4.13. The van der Waals surface area contributed by atoms with E-state index in [2.05, 4.69) is 15.4 Å². The number of carbonyl (C=O) groups is 1. The number of benzene rings is 2. The molecule has 148 valence electrons. The molecular weight excluding hydrogens is 376 g/mol. The molecular formula is C23H20N6O. The molecule has 0 fully saturated rings. The minimum atomic E-state index is -0.149. The maximum Gasteiger partial charge on any atom is 0.221 e. The quantitative estimate of drug-likeness (QED) is 0.362. The van der Waals surface area contributed by atoms with Gasteiger partial charge in [0.05, 0.1) is 11.2 Å². The zero-order chi connectivity index (χ0) is 21.1. The first-order valence-electron chi connectivity index (χ1n) is 9.44. The number of nitrogens with one attached hydrogen (secondary N) is 3. The number of amides is 1. The Morgan fingerprint density at radius 2 is 1.93 bits per heavy atom. The molecule has 0 aliphatic heterocycles. The molecule has 0 aliphatic rings. The van der Waals surface area contributed by atoms with Gasteiger partial charge in [0.25, 0.3) is 0 Å². The van der Waals surface area contributed by atoms with E-state index < -0.39 is 0 Å². The summed E-state index contributed by atoms with van der Waals surface area (Å²) in [6, 6.07) is 20.4. The summed E-state index contributed by atoms with van der Waals surface area (Å²) in [4.78, 5) is 15.6. The Kier molecular flexibility index (Phi) is 5.17. The summed E-state index contributed by atoms with van der Waals surface area (Å²) in [5.74, 6) is 0.0483. The van der Waals surface area contributed by atoms with Crippen LogP contribution in [-0.4, -0.2) is 26.5 Å². The van der Waals surface area contributed by atoms with Crippen molar-refractivity contribution in [1.29, 1.82) is 10.8 Å². The molecule has 0 spiro atoms. The summed E-state index contributed by atoms with van der Waals surface area (Å²) in [6.07, 6.45) is 2.09. The molecule has 30 heavy (non-hydrogen) atoms. The molecule has 7 nitrogen and oxygen atoms in total. The Bertz CT molecular complexity index is 1320. The van der Waals surface area contributed by atoms with Crippen LogP contribution in [0.4, 0.5) is 5.69 Å². The second kappa shape index (κ2) is 8.08. The Morgan fingerprint density at radius 3 is 2.77 bits per heavy atom. The van der Waals surface area contributed by atoms with E-state index in [9.17, 15) is 4.79 Å². The van der Waals surface area contributed by atoms with Gasteiger partial charge in [0, 0.05) is 36.2 Å². The highest BCUT2D eigenvalue weighted by Crippen LogP contribution is 2.20. The topological polar surface area (TPSA) is 108 Å². The molecule has 0 aliphatic carbocycles. The van der Waals surface area contributed by atoms with Gasteiger partial charge in [-0.25, -0.2) is 4.68 Å². The van der Waals surface area contributed by atoms with E-state index in [1.807, 2.05) is 48.5 Å². The minimum Gasteiger partial charge on any atom is -0.326 e. The lowest BCUT2D eigenvalue weighted by molar-refractivity contribution is -0.114. The first kappa shape index (κ1) is 19.2. The first-order chi connectivity index (χ1) is 14.5. The van der Waals surface area contributed by atoms with E-state index in [4.69, 9.17) is 10.8 Å². The molecule has 1 amide bonds. The van der Waals surface area contributed by atoms with E-state index >= 15 is 0 Å². The van der Waals surface area contributed by atoms with Gasteiger partial charge in [0.1, 0.15) is 11.3 Å². The van der Waals surface area contributed by atoms with Gasteiger partial charge >= 0.3 is 0 Å². The molecule has 2 aromatic carbocycles. The van der Waals surface area contributed by atoms with Gasteiger partial charge in [0.2, 0.25) is 5.91 Å². The highest BCUT2D eigenvalue weighted by molar-refractivity contribution is 5.89. The highest BCUT2D eigenvalue weighted by Gasteiger charge is 2.09. The van der Waals surface area contributed by atoms with Crippen LogP contribution in [0.15, 0.2) is 72.9 Å². The number of pyridine rings is 1. The van der Waals surface area contributed by atoms with Crippen molar-refractivity contribution in [3.63, 3.8) is 0 Å². The van der Waals surface area contributed by atoms with Crippen LogP contribution in [-0.2, 0) is 11.2 Å². The predicted molar refractivity (Wildman–Crippen MR) is 116 cm³/mol. The normalized spacial score (nSPS) is 10.7. The molecule has 0 saturated heterocycles. The molecule has 0 bridgehead atoms. The highest BCUT2D eigenvalue weighted by atomic mass is 16.1. The number of hydrogen-bond donors (Lipinski definition) is 3. The second-order valence-corrected chi connectivity index (χ2v) is 6.93. The number of carbonyl (C=O) groups excluding carboxylic acids is 1. The van der Waals surface area contributed by atoms with Crippen molar-refractivity contribution >= 4 is 28.3 Å². The molecule has 7 heteroatoms. The van der Waals surface area contributed by atoms with E-state index in [0.29, 0.717) is 17.8 Å². The fourth-order valence-corrected chi connectivity index (χ4v) is 3.25. The van der Waals surface area contributed by atoms with Crippen molar-refractivity contribution in [2.24, 2.45) is 0 Å². The zero-order valence-electron chi connectivity index (χ0n) is 16.4. The van der Waals surface area contributed by atoms with E-state index in [1.54, 1.807) is 24.4 Å². The number of fused-ring (bicyclic) bond motifs is 1. The number of rotatable bonds is 4. The maximum absolute atomic E-state index is 11.3. The third-order valence-electron chi connectivity index (χ3n) is 4.61. The molecule has 2 aromatic heterocycles. The van der Waals surface area contributed by atoms with E-state index in [-0.39, 0.29) is 17.2 Å². The smallest absolute Gasteiger partial charge is 0.221 e. The fraction of sp³-hybridized carbons (Fsp3) is 0.0870. The predicted octanol–water partition coefficient (Wildman–Crippen LogP) is 3.60. The van der Waals surface area contributed by atoms with Crippen molar-refractivity contribution in [2.75, 3.05) is 5.32 Å². The molecule has 4 rings (SSSR count). The third kappa shape index (κ3) is 4.15. The SMILES string of the molecule is CC(=O)Nc1cccc(-c2ccc(=N)n(C(=N)Cc3ccc4ncccc4c3)n2)c1. The summed E-state index contributed by atoms with van der Waals surface area (Å²) < 4.78 is 1.33. The Balaban J connectivity index is 1.63. The van der Waals surface area contributed by atoms with Crippen LogP contribution in [0.25, 0.3) is 22.2 Å². The first-order valence-corrected chi connectivity index (χ1v) is 9.44. The largest absolute Gasteiger partial charge is 0.326 e. The van der Waals surface area contributed by atoms with E-state index in [0.717, 1.165) is 22.0 Å². The van der Waals surface area contributed by atoms with Crippen LogP contribution in [0.3, 0.4) is 0 Å². The number of anilines is 1. The van der Waals surface area contributed by atoms with Crippen LogP contribution < -0.4 is 10.8 Å². The summed E-state index contributed by atoms with van der Waals surface area (Å²) in [7, 11) is 0. The number of hydrogen-bond acceptors (Lipinski definition) is 5. The van der Waals surface area contributed by atoms with Gasteiger partial charge in [0.15, 0.2) is 0 Å². The van der Waals surface area contributed by atoms with Gasteiger partial charge in [-0.15, -0.1) is 0 Å². The lowest BCUT2D eigenvalue weighted by Gasteiger charge is -2.11. The van der Waals surface area contributed by atoms with Crippen molar-refractivity contribution in [2.45, 2.75) is 13.3 Å². The lowest BCUT2D eigenvalue weighted by atomic mass is 10.1. The maximum atomic E-state index is 11.3. The molecule has 2 heterocycles. The molecule has 0 radical (unpaired) electrons. The lowest BCUT2D eigenvalue weighted by Crippen LogP contribution is -2.30. The Labute approximate surface area is 173 Å². The summed E-state index contributed by atoms with van der Waals surface area (Å²) in [5, 5.41) is 25.0. The fourth-order valence-electron chi connectivity index (χ4n) is 3.25. The van der Waals surface area contributed by atoms with Gasteiger partial charge in [-0.2, -0.15) is 5.10 Å². The molecule has 3 N–H and O–H groups in total. The minimum absolute atomic E-state index is 0.129.